The number of carbonyl (C=O) groups excluding carboxylic acids is 2. The second-order valence-electron chi connectivity index (χ2n) is 18.9. The molecule has 2 aromatic carbocycles. The Balaban J connectivity index is 1.12. The first-order valence-corrected chi connectivity index (χ1v) is 24.1. The first-order valence-electron chi connectivity index (χ1n) is 22.5. The Labute approximate surface area is 366 Å². The average molecular weight is 870 g/mol. The molecule has 2 saturated heterocycles. The van der Waals surface area contributed by atoms with E-state index in [0.29, 0.717) is 30.7 Å². The van der Waals surface area contributed by atoms with E-state index in [0.717, 1.165) is 96.8 Å². The van der Waals surface area contributed by atoms with Crippen LogP contribution in [0.3, 0.4) is 0 Å². The molecule has 1 spiro atoms. The summed E-state index contributed by atoms with van der Waals surface area (Å²) < 4.78 is 48.4. The average Bonchev–Trinajstić information content (AvgIpc) is 3.56. The summed E-state index contributed by atoms with van der Waals surface area (Å²) in [5.41, 5.74) is 4.38. The van der Waals surface area contributed by atoms with Crippen molar-refractivity contribution in [3.8, 4) is 11.6 Å². The number of allylic oxidation sites excluding steroid dienone is 1. The fourth-order valence-corrected chi connectivity index (χ4v) is 13.1. The largest absolute Gasteiger partial charge is 0.490 e. The smallest absolute Gasteiger partial charge is 0.286 e. The SMILES string of the molecule is COc1nn(C)cc1C(=O)NS1(=O)=NC(=O)c2ccc3c(c2)N(C[C@@H]2CC[C@H]2C(CN2CCN4CCOC[C@@H]4C2)(OC)/C=C/C[C@H](C)C1)C[C@@]1(CCCc2cc(C)ccc21)CO3. The number of nitrogens with zero attached hydrogens (tertiary/aromatic N) is 6. The van der Waals surface area contributed by atoms with Crippen LogP contribution >= 0.6 is 0 Å². The Hall–Kier alpha value is -4.28. The summed E-state index contributed by atoms with van der Waals surface area (Å²) in [5.74, 6) is -0.256. The maximum Gasteiger partial charge on any atom is 0.286 e. The van der Waals surface area contributed by atoms with Gasteiger partial charge in [0.15, 0.2) is 0 Å². The molecule has 2 unspecified atom stereocenters. The van der Waals surface area contributed by atoms with Gasteiger partial charge in [-0.05, 0) is 92.5 Å². The predicted molar refractivity (Wildman–Crippen MR) is 238 cm³/mol. The predicted octanol–water partition coefficient (Wildman–Crippen LogP) is 5.19. The van der Waals surface area contributed by atoms with Crippen molar-refractivity contribution < 1.29 is 32.7 Å². The van der Waals surface area contributed by atoms with Crippen molar-refractivity contribution in [2.24, 2.45) is 29.2 Å². The maximum atomic E-state index is 15.0. The van der Waals surface area contributed by atoms with Gasteiger partial charge in [0.05, 0.1) is 38.4 Å². The summed E-state index contributed by atoms with van der Waals surface area (Å²) in [6, 6.07) is 12.7. The van der Waals surface area contributed by atoms with E-state index >= 15 is 0 Å². The number of methoxy groups -OCH3 is 2. The van der Waals surface area contributed by atoms with E-state index in [1.54, 1.807) is 13.1 Å². The van der Waals surface area contributed by atoms with E-state index in [2.05, 4.69) is 66.2 Å². The molecule has 3 aromatic rings. The van der Waals surface area contributed by atoms with Gasteiger partial charge in [-0.1, -0.05) is 42.8 Å². The van der Waals surface area contributed by atoms with Crippen LogP contribution in [0.1, 0.15) is 76.4 Å². The molecule has 6 aliphatic rings. The van der Waals surface area contributed by atoms with E-state index in [1.165, 1.54) is 34.7 Å². The summed E-state index contributed by atoms with van der Waals surface area (Å²) in [6.07, 6.45) is 11.7. The van der Waals surface area contributed by atoms with Gasteiger partial charge in [-0.25, -0.2) is 4.21 Å². The topological polar surface area (TPSA) is 140 Å². The van der Waals surface area contributed by atoms with Crippen LogP contribution in [0.25, 0.3) is 0 Å². The third-order valence-electron chi connectivity index (χ3n) is 14.5. The van der Waals surface area contributed by atoms with Gasteiger partial charge in [0.25, 0.3) is 11.8 Å². The molecule has 1 saturated carbocycles. The van der Waals surface area contributed by atoms with Gasteiger partial charge < -0.3 is 23.8 Å². The zero-order chi connectivity index (χ0) is 43.2. The lowest BCUT2D eigenvalue weighted by atomic mass is 9.63. The van der Waals surface area contributed by atoms with Crippen molar-refractivity contribution in [3.63, 3.8) is 0 Å². The fraction of sp³-hybridized carbons (Fsp3) is 0.596. The van der Waals surface area contributed by atoms with Crippen LogP contribution in [0, 0.1) is 24.7 Å². The highest BCUT2D eigenvalue weighted by atomic mass is 32.2. The molecule has 15 heteroatoms. The Bertz CT molecular complexity index is 2340. The van der Waals surface area contributed by atoms with Crippen molar-refractivity contribution in [1.29, 1.82) is 0 Å². The number of benzene rings is 2. The lowest BCUT2D eigenvalue weighted by Crippen LogP contribution is -2.62. The number of fused-ring (bicyclic) bond motifs is 5. The van der Waals surface area contributed by atoms with Crippen molar-refractivity contribution in [3.05, 3.63) is 82.6 Å². The third-order valence-corrected chi connectivity index (χ3v) is 16.5. The van der Waals surface area contributed by atoms with E-state index < -0.39 is 27.3 Å². The molecule has 7 atom stereocenters. The van der Waals surface area contributed by atoms with Crippen LogP contribution in [-0.4, -0.2) is 133 Å². The van der Waals surface area contributed by atoms with Crippen LogP contribution in [-0.2, 0) is 38.3 Å². The number of hydrogen-bond acceptors (Lipinski definition) is 11. The number of anilines is 1. The van der Waals surface area contributed by atoms with Crippen molar-refractivity contribution >= 4 is 27.4 Å². The van der Waals surface area contributed by atoms with Crippen LogP contribution in [0.4, 0.5) is 5.69 Å². The van der Waals surface area contributed by atoms with Gasteiger partial charge in [-0.15, -0.1) is 9.46 Å². The van der Waals surface area contributed by atoms with Crippen LogP contribution in [0.5, 0.6) is 11.6 Å². The second kappa shape index (κ2) is 17.4. The number of hydrogen-bond donors (Lipinski definition) is 1. The number of nitrogens with one attached hydrogen (secondary N) is 1. The Morgan fingerprint density at radius 1 is 1.10 bits per heavy atom. The van der Waals surface area contributed by atoms with Crippen molar-refractivity contribution in [1.82, 2.24) is 24.3 Å². The Morgan fingerprint density at radius 2 is 1.97 bits per heavy atom. The third kappa shape index (κ3) is 8.43. The Kier molecular flexibility index (Phi) is 12.0. The number of carbonyl (C=O) groups is 2. The second-order valence-corrected chi connectivity index (χ2v) is 20.9. The van der Waals surface area contributed by atoms with Gasteiger partial charge in [0.1, 0.15) is 26.8 Å². The maximum absolute atomic E-state index is 15.0. The molecular formula is C47H63N7O7S. The molecule has 5 heterocycles. The van der Waals surface area contributed by atoms with E-state index in [4.69, 9.17) is 18.9 Å². The molecule has 62 heavy (non-hydrogen) atoms. The van der Waals surface area contributed by atoms with Crippen molar-refractivity contribution in [2.45, 2.75) is 69.4 Å². The van der Waals surface area contributed by atoms with Crippen LogP contribution in [0.15, 0.2) is 59.1 Å². The zero-order valence-electron chi connectivity index (χ0n) is 37.0. The van der Waals surface area contributed by atoms with Gasteiger partial charge in [-0.2, -0.15) is 0 Å². The molecule has 9 rings (SSSR count). The number of rotatable bonds is 6. The molecule has 2 aliphatic carbocycles. The minimum Gasteiger partial charge on any atom is -0.490 e. The lowest BCUT2D eigenvalue weighted by molar-refractivity contribution is -0.108. The fourth-order valence-electron chi connectivity index (χ4n) is 11.2. The van der Waals surface area contributed by atoms with Crippen LogP contribution < -0.4 is 19.1 Å². The van der Waals surface area contributed by atoms with Gasteiger partial charge in [-0.3, -0.25) is 28.8 Å². The molecule has 1 N–H and O–H groups in total. The molecule has 334 valence electrons. The molecule has 2 amide bonds. The first-order chi connectivity index (χ1) is 29.9. The summed E-state index contributed by atoms with van der Waals surface area (Å²) in [6.45, 7) is 12.3. The van der Waals surface area contributed by atoms with Gasteiger partial charge in [0.2, 0.25) is 5.88 Å². The molecular weight excluding hydrogens is 807 g/mol. The minimum absolute atomic E-state index is 0.0470. The molecule has 0 radical (unpaired) electrons. The highest BCUT2D eigenvalue weighted by Gasteiger charge is 2.50. The molecule has 4 aliphatic heterocycles. The number of aryl methyl sites for hydroxylation is 3. The van der Waals surface area contributed by atoms with E-state index in [-0.39, 0.29) is 40.0 Å². The normalized spacial score (nSPS) is 32.2. The van der Waals surface area contributed by atoms with E-state index in [1.807, 2.05) is 26.2 Å². The Morgan fingerprint density at radius 3 is 2.77 bits per heavy atom. The molecule has 14 nitrogen and oxygen atoms in total. The molecule has 2 bridgehead atoms. The van der Waals surface area contributed by atoms with E-state index in [9.17, 15) is 13.8 Å². The number of amides is 2. The highest BCUT2D eigenvalue weighted by molar-refractivity contribution is 7.92. The zero-order valence-corrected chi connectivity index (χ0v) is 37.8. The summed E-state index contributed by atoms with van der Waals surface area (Å²) >= 11 is 0. The minimum atomic E-state index is -3.66. The number of ether oxygens (including phenoxy) is 4. The summed E-state index contributed by atoms with van der Waals surface area (Å²) in [4.78, 5) is 35.7. The van der Waals surface area contributed by atoms with Crippen molar-refractivity contribution in [2.75, 3.05) is 90.5 Å². The lowest BCUT2D eigenvalue weighted by Gasteiger charge is -2.53. The standard InChI is InChI=1S/C47H63N7O7S/c1-32-10-13-39-34(22-32)9-7-16-46(39)29-54-24-36-11-14-40(36)47(59-5,30-52-18-19-53-20-21-60-27-37(53)25-52)17-6-8-33(2)28-62(57,50-44(56)38-26-51(3)48-45(38)58-4)49-43(55)35-12-15-42(61-31-46)41(54)23-35/h6,10,12-13,15,17,22-23,26,33,36-37,40H,7-9,11,14,16,18-21,24-25,27-31H2,1-5H3,(H,49,50,55,56,57)/b17-6+/t33-,36-,37-,40+,46-,47?,62?/m0/s1. The quantitative estimate of drug-likeness (QED) is 0.328. The molecule has 3 fully saturated rings. The van der Waals surface area contributed by atoms with Gasteiger partial charge in [0, 0.05) is 83.2 Å². The highest BCUT2D eigenvalue weighted by Crippen LogP contribution is 2.49. The first kappa shape index (κ1) is 43.0. The number of morpholine rings is 1. The summed E-state index contributed by atoms with van der Waals surface area (Å²) in [5, 5.41) is 4.21. The number of aromatic nitrogens is 2. The number of piperazine rings is 1. The van der Waals surface area contributed by atoms with Gasteiger partial charge >= 0.3 is 0 Å². The summed E-state index contributed by atoms with van der Waals surface area (Å²) in [7, 11) is 1.30. The monoisotopic (exact) mass is 869 g/mol. The molecule has 1 aromatic heterocycles. The van der Waals surface area contributed by atoms with Crippen LogP contribution in [0.2, 0.25) is 0 Å².